The third kappa shape index (κ3) is 1.45. The first kappa shape index (κ1) is 8.98. The van der Waals surface area contributed by atoms with Crippen molar-refractivity contribution in [2.75, 3.05) is 11.9 Å². The van der Waals surface area contributed by atoms with Crippen LogP contribution in [0.3, 0.4) is 0 Å². The Hall–Kier alpha value is -0.590. The second-order valence-corrected chi connectivity index (χ2v) is 4.60. The second kappa shape index (κ2) is 3.28. The van der Waals surface area contributed by atoms with Gasteiger partial charge < -0.3 is 4.57 Å². The fourth-order valence-corrected chi connectivity index (χ4v) is 2.16. The maximum absolute atomic E-state index is 11.7. The summed E-state index contributed by atoms with van der Waals surface area (Å²) in [4.78, 5) is 17.4. The lowest BCUT2D eigenvalue weighted by Crippen LogP contribution is -2.31. The van der Waals surface area contributed by atoms with Crippen molar-refractivity contribution in [3.05, 3.63) is 12.5 Å². The fraction of sp³-hybridized carbons (Fsp3) is 0.500. The molecule has 2 heterocycles. The topological polar surface area (TPSA) is 38.1 Å². The van der Waals surface area contributed by atoms with Crippen molar-refractivity contribution in [1.29, 1.82) is 0 Å². The molecule has 0 aliphatic carbocycles. The largest absolute Gasteiger partial charge is 0.317 e. The molecule has 0 radical (unpaired) electrons. The number of carbonyl (C=O) groups excluding carboxylic acids is 1. The molecule has 0 bridgehead atoms. The number of alkyl halides is 1. The summed E-state index contributed by atoms with van der Waals surface area (Å²) in [7, 11) is 1.80. The van der Waals surface area contributed by atoms with E-state index in [0.717, 1.165) is 18.8 Å². The lowest BCUT2D eigenvalue weighted by atomic mass is 10.3. The van der Waals surface area contributed by atoms with Crippen molar-refractivity contribution in [2.45, 2.75) is 16.9 Å². The summed E-state index contributed by atoms with van der Waals surface area (Å²) in [6.07, 6.45) is 4.38. The van der Waals surface area contributed by atoms with Crippen LogP contribution in [-0.2, 0) is 11.3 Å². The van der Waals surface area contributed by atoms with Crippen LogP contribution in [0.15, 0.2) is 12.5 Å². The predicted molar refractivity (Wildman–Crippen MR) is 58.1 cm³/mol. The van der Waals surface area contributed by atoms with E-state index in [4.69, 9.17) is 0 Å². The van der Waals surface area contributed by atoms with Crippen molar-refractivity contribution >= 4 is 34.3 Å². The fourth-order valence-electron chi connectivity index (χ4n) is 1.46. The normalized spacial score (nSPS) is 22.8. The number of halogens is 1. The molecule has 4 nitrogen and oxygen atoms in total. The molecule has 1 atom stereocenters. The van der Waals surface area contributed by atoms with Crippen molar-refractivity contribution in [1.82, 2.24) is 9.55 Å². The number of imidazole rings is 1. The van der Waals surface area contributed by atoms with Crippen LogP contribution in [0.25, 0.3) is 0 Å². The molecule has 1 aliphatic heterocycles. The van der Waals surface area contributed by atoms with Gasteiger partial charge in [0.05, 0.1) is 16.4 Å². The van der Waals surface area contributed by atoms with Crippen molar-refractivity contribution < 1.29 is 4.79 Å². The number of anilines is 1. The summed E-state index contributed by atoms with van der Waals surface area (Å²) >= 11 is 2.19. The Morgan fingerprint density at radius 2 is 2.46 bits per heavy atom. The second-order valence-electron chi connectivity index (χ2n) is 3.10. The van der Waals surface area contributed by atoms with Crippen LogP contribution in [0.5, 0.6) is 0 Å². The van der Waals surface area contributed by atoms with E-state index in [1.54, 1.807) is 24.5 Å². The van der Waals surface area contributed by atoms with Crippen molar-refractivity contribution in [3.8, 4) is 0 Å². The van der Waals surface area contributed by atoms with Gasteiger partial charge in [-0.1, -0.05) is 22.6 Å². The average molecular weight is 291 g/mol. The van der Waals surface area contributed by atoms with Gasteiger partial charge in [0.2, 0.25) is 5.91 Å². The van der Waals surface area contributed by atoms with Gasteiger partial charge in [-0.15, -0.1) is 0 Å². The minimum atomic E-state index is 0.0856. The number of hydrogen-bond acceptors (Lipinski definition) is 2. The molecule has 1 aromatic heterocycles. The molecule has 0 saturated carbocycles. The molecule has 0 fully saturated rings. The smallest absolute Gasteiger partial charge is 0.240 e. The van der Waals surface area contributed by atoms with E-state index >= 15 is 0 Å². The number of aromatic nitrogens is 2. The molecule has 0 N–H and O–H groups in total. The Bertz CT molecular complexity index is 336. The van der Waals surface area contributed by atoms with E-state index in [9.17, 15) is 4.79 Å². The average Bonchev–Trinajstić information content (AvgIpc) is 2.56. The van der Waals surface area contributed by atoms with Gasteiger partial charge in [-0.05, 0) is 6.42 Å². The van der Waals surface area contributed by atoms with Crippen LogP contribution >= 0.6 is 22.6 Å². The number of hydrogen-bond donors (Lipinski definition) is 0. The highest BCUT2D eigenvalue weighted by molar-refractivity contribution is 14.1. The first-order valence-corrected chi connectivity index (χ1v) is 5.36. The highest BCUT2D eigenvalue weighted by atomic mass is 127. The van der Waals surface area contributed by atoms with Gasteiger partial charge in [-0.25, -0.2) is 4.98 Å². The maximum atomic E-state index is 11.7. The number of rotatable bonds is 0. The van der Waals surface area contributed by atoms with Crippen molar-refractivity contribution in [2.24, 2.45) is 0 Å². The minimum Gasteiger partial charge on any atom is -0.317 e. The molecule has 13 heavy (non-hydrogen) atoms. The highest BCUT2D eigenvalue weighted by Crippen LogP contribution is 2.22. The van der Waals surface area contributed by atoms with Gasteiger partial charge in [0.15, 0.2) is 0 Å². The molecule has 1 aromatic rings. The first-order valence-electron chi connectivity index (χ1n) is 4.12. The maximum Gasteiger partial charge on any atom is 0.240 e. The molecule has 5 heteroatoms. The third-order valence-corrected chi connectivity index (χ3v) is 3.41. The van der Waals surface area contributed by atoms with Crippen LogP contribution in [0.1, 0.15) is 6.42 Å². The number of fused-ring (bicyclic) bond motifs is 1. The van der Waals surface area contributed by atoms with Crippen LogP contribution < -0.4 is 4.90 Å². The lowest BCUT2D eigenvalue weighted by molar-refractivity contribution is -0.117. The molecular weight excluding hydrogens is 281 g/mol. The highest BCUT2D eigenvalue weighted by Gasteiger charge is 2.25. The zero-order valence-corrected chi connectivity index (χ0v) is 9.43. The van der Waals surface area contributed by atoms with Gasteiger partial charge >= 0.3 is 0 Å². The summed E-state index contributed by atoms with van der Waals surface area (Å²) in [6, 6.07) is 0. The van der Waals surface area contributed by atoms with Crippen LogP contribution in [0, 0.1) is 0 Å². The van der Waals surface area contributed by atoms with E-state index in [-0.39, 0.29) is 9.83 Å². The van der Waals surface area contributed by atoms with E-state index in [1.807, 2.05) is 4.57 Å². The Morgan fingerprint density at radius 1 is 1.69 bits per heavy atom. The van der Waals surface area contributed by atoms with Gasteiger partial charge in [0.25, 0.3) is 0 Å². The molecule has 1 amide bonds. The van der Waals surface area contributed by atoms with Crippen LogP contribution in [0.2, 0.25) is 0 Å². The van der Waals surface area contributed by atoms with Gasteiger partial charge in [0, 0.05) is 13.6 Å². The molecule has 0 spiro atoms. The minimum absolute atomic E-state index is 0.0856. The zero-order chi connectivity index (χ0) is 9.42. The lowest BCUT2D eigenvalue weighted by Gasteiger charge is -2.15. The molecule has 2 rings (SSSR count). The third-order valence-electron chi connectivity index (χ3n) is 2.26. The standard InChI is InChI=1S/C8H10IN3O/c1-11-7-4-10-5-12(7)3-2-6(9)8(11)13/h4-6H,2-3H2,1H3. The molecule has 70 valence electrons. The van der Waals surface area contributed by atoms with Crippen molar-refractivity contribution in [3.63, 3.8) is 0 Å². The summed E-state index contributed by atoms with van der Waals surface area (Å²) in [5, 5.41) is 0. The Kier molecular flexibility index (Phi) is 2.27. The Balaban J connectivity index is 2.40. The molecular formula is C8H10IN3O. The Morgan fingerprint density at radius 3 is 3.23 bits per heavy atom. The number of amides is 1. The van der Waals surface area contributed by atoms with Gasteiger partial charge in [-0.2, -0.15) is 0 Å². The van der Waals surface area contributed by atoms with E-state index < -0.39 is 0 Å². The van der Waals surface area contributed by atoms with E-state index in [1.165, 1.54) is 0 Å². The summed E-state index contributed by atoms with van der Waals surface area (Å²) in [5.41, 5.74) is 0. The van der Waals surface area contributed by atoms with Gasteiger partial charge in [0.1, 0.15) is 5.82 Å². The van der Waals surface area contributed by atoms with Crippen LogP contribution in [0.4, 0.5) is 5.82 Å². The quantitative estimate of drug-likeness (QED) is 0.529. The van der Waals surface area contributed by atoms with E-state index in [2.05, 4.69) is 27.6 Å². The Labute approximate surface area is 90.1 Å². The molecule has 0 saturated heterocycles. The number of aryl methyl sites for hydroxylation is 1. The molecule has 1 unspecified atom stereocenters. The zero-order valence-electron chi connectivity index (χ0n) is 7.27. The predicted octanol–water partition coefficient (Wildman–Crippen LogP) is 1.05. The first-order chi connectivity index (χ1) is 6.20. The molecule has 0 aromatic carbocycles. The van der Waals surface area contributed by atoms with E-state index in [0.29, 0.717) is 0 Å². The number of nitrogens with zero attached hydrogens (tertiary/aromatic N) is 3. The van der Waals surface area contributed by atoms with Gasteiger partial charge in [-0.3, -0.25) is 9.69 Å². The summed E-state index contributed by atoms with van der Waals surface area (Å²) < 4.78 is 2.10. The SMILES string of the molecule is CN1C(=O)C(I)CCn2cncc21. The van der Waals surface area contributed by atoms with Crippen LogP contribution in [-0.4, -0.2) is 26.4 Å². The summed E-state index contributed by atoms with van der Waals surface area (Å²) in [5.74, 6) is 1.06. The monoisotopic (exact) mass is 291 g/mol. The number of carbonyl (C=O) groups is 1. The molecule has 1 aliphatic rings. The summed E-state index contributed by atoms with van der Waals surface area (Å²) in [6.45, 7) is 0.874.